The maximum atomic E-state index is 12.9. The minimum atomic E-state index is -3.66. The fourth-order valence-corrected chi connectivity index (χ4v) is 5.27. The van der Waals surface area contributed by atoms with Crippen molar-refractivity contribution in [2.24, 2.45) is 0 Å². The molecule has 7 nitrogen and oxygen atoms in total. The normalized spacial score (nSPS) is 14.9. The van der Waals surface area contributed by atoms with Crippen molar-refractivity contribution in [3.05, 3.63) is 78.1 Å². The largest absolute Gasteiger partial charge is 0.461 e. The van der Waals surface area contributed by atoms with Crippen LogP contribution in [0.1, 0.15) is 29.5 Å². The number of amides is 1. The molecule has 8 heteroatoms. The first kappa shape index (κ1) is 22.9. The molecular formula is C25H26N2O5S. The van der Waals surface area contributed by atoms with Crippen molar-refractivity contribution in [1.29, 1.82) is 0 Å². The maximum absolute atomic E-state index is 12.9. The number of furan rings is 1. The molecule has 0 bridgehead atoms. The molecule has 2 aromatic carbocycles. The number of carbonyl (C=O) groups is 2. The van der Waals surface area contributed by atoms with Gasteiger partial charge < -0.3 is 9.32 Å². The van der Waals surface area contributed by atoms with Gasteiger partial charge in [-0.05, 0) is 31.2 Å². The van der Waals surface area contributed by atoms with E-state index in [2.05, 4.69) is 0 Å². The Morgan fingerprint density at radius 3 is 2.18 bits per heavy atom. The number of rotatable bonds is 7. The van der Waals surface area contributed by atoms with E-state index >= 15 is 0 Å². The van der Waals surface area contributed by atoms with Gasteiger partial charge in [-0.3, -0.25) is 9.59 Å². The van der Waals surface area contributed by atoms with E-state index in [4.69, 9.17) is 4.42 Å². The Bertz CT molecular complexity index is 1230. The van der Waals surface area contributed by atoms with E-state index in [-0.39, 0.29) is 29.7 Å². The second-order valence-electron chi connectivity index (χ2n) is 8.00. The van der Waals surface area contributed by atoms with Gasteiger partial charge in [0.25, 0.3) is 0 Å². The first-order valence-corrected chi connectivity index (χ1v) is 12.3. The average molecular weight is 467 g/mol. The Kier molecular flexibility index (Phi) is 6.76. The topological polar surface area (TPSA) is 87.9 Å². The molecule has 0 aliphatic carbocycles. The van der Waals surface area contributed by atoms with Crippen LogP contribution in [0.2, 0.25) is 0 Å². The summed E-state index contributed by atoms with van der Waals surface area (Å²) in [6.45, 7) is 2.60. The molecule has 33 heavy (non-hydrogen) atoms. The minimum absolute atomic E-state index is 0.0180. The Labute approximate surface area is 193 Å². The summed E-state index contributed by atoms with van der Waals surface area (Å²) in [5, 5.41) is 0. The van der Waals surface area contributed by atoms with E-state index < -0.39 is 10.0 Å². The molecule has 0 spiro atoms. The summed E-state index contributed by atoms with van der Waals surface area (Å²) < 4.78 is 33.0. The Balaban J connectivity index is 1.30. The number of benzene rings is 2. The maximum Gasteiger partial charge on any atom is 0.243 e. The van der Waals surface area contributed by atoms with Crippen LogP contribution in [0.5, 0.6) is 0 Å². The summed E-state index contributed by atoms with van der Waals surface area (Å²) in [6.07, 6.45) is 0.799. The monoisotopic (exact) mass is 466 g/mol. The van der Waals surface area contributed by atoms with Gasteiger partial charge in [-0.25, -0.2) is 8.42 Å². The molecule has 1 fully saturated rings. The summed E-state index contributed by atoms with van der Waals surface area (Å²) in [5.74, 6) is 1.39. The van der Waals surface area contributed by atoms with Crippen LogP contribution in [0.4, 0.5) is 0 Å². The van der Waals surface area contributed by atoms with E-state index in [9.17, 15) is 18.0 Å². The first-order chi connectivity index (χ1) is 15.8. The summed E-state index contributed by atoms with van der Waals surface area (Å²) in [7, 11) is -3.66. The molecule has 4 rings (SSSR count). The molecule has 2 heterocycles. The van der Waals surface area contributed by atoms with Gasteiger partial charge in [-0.2, -0.15) is 4.31 Å². The molecule has 1 saturated heterocycles. The molecule has 1 aromatic heterocycles. The number of hydrogen-bond donors (Lipinski definition) is 0. The third-order valence-corrected chi connectivity index (χ3v) is 7.71. The standard InChI is InChI=1S/C25H26N2O5S/c1-19(28)20-7-11-23(12-8-20)33(30,31)27-17-15-26(16-18-27)25(29)14-10-22-9-13-24(32-22)21-5-3-2-4-6-21/h2-9,11-13H,10,14-18H2,1H3. The molecule has 0 unspecified atom stereocenters. The number of hydrogen-bond acceptors (Lipinski definition) is 5. The Hall–Kier alpha value is -3.23. The highest BCUT2D eigenvalue weighted by Gasteiger charge is 2.30. The second-order valence-corrected chi connectivity index (χ2v) is 9.94. The van der Waals surface area contributed by atoms with Crippen LogP contribution in [0.3, 0.4) is 0 Å². The molecule has 1 amide bonds. The number of aryl methyl sites for hydroxylation is 1. The van der Waals surface area contributed by atoms with E-state index in [0.29, 0.717) is 31.5 Å². The third kappa shape index (κ3) is 5.23. The van der Waals surface area contributed by atoms with Gasteiger partial charge in [-0.15, -0.1) is 0 Å². The number of piperazine rings is 1. The molecule has 1 aliphatic rings. The summed E-state index contributed by atoms with van der Waals surface area (Å²) in [6, 6.07) is 19.5. The van der Waals surface area contributed by atoms with Crippen LogP contribution in [-0.4, -0.2) is 55.5 Å². The fourth-order valence-electron chi connectivity index (χ4n) is 3.85. The smallest absolute Gasteiger partial charge is 0.243 e. The Morgan fingerprint density at radius 2 is 1.55 bits per heavy atom. The lowest BCUT2D eigenvalue weighted by molar-refractivity contribution is -0.132. The molecule has 0 N–H and O–H groups in total. The lowest BCUT2D eigenvalue weighted by Crippen LogP contribution is -2.50. The fraction of sp³-hybridized carbons (Fsp3) is 0.280. The highest BCUT2D eigenvalue weighted by Crippen LogP contribution is 2.23. The molecule has 0 saturated carbocycles. The number of carbonyl (C=O) groups excluding carboxylic acids is 2. The van der Waals surface area contributed by atoms with Crippen LogP contribution in [0, 0.1) is 0 Å². The predicted molar refractivity (Wildman–Crippen MR) is 124 cm³/mol. The zero-order chi connectivity index (χ0) is 23.4. The van der Waals surface area contributed by atoms with E-state index in [0.717, 1.165) is 17.1 Å². The molecule has 3 aromatic rings. The third-order valence-electron chi connectivity index (χ3n) is 5.80. The van der Waals surface area contributed by atoms with Gasteiger partial charge in [0.1, 0.15) is 11.5 Å². The lowest BCUT2D eigenvalue weighted by Gasteiger charge is -2.34. The zero-order valence-electron chi connectivity index (χ0n) is 18.4. The van der Waals surface area contributed by atoms with Gasteiger partial charge in [0.05, 0.1) is 4.90 Å². The van der Waals surface area contributed by atoms with E-state index in [1.807, 2.05) is 42.5 Å². The van der Waals surface area contributed by atoms with Crippen molar-refractivity contribution in [2.75, 3.05) is 26.2 Å². The van der Waals surface area contributed by atoms with Crippen molar-refractivity contribution in [3.8, 4) is 11.3 Å². The van der Waals surface area contributed by atoms with Gasteiger partial charge >= 0.3 is 0 Å². The average Bonchev–Trinajstić information content (AvgIpc) is 3.32. The second kappa shape index (κ2) is 9.72. The van der Waals surface area contributed by atoms with Crippen molar-refractivity contribution >= 4 is 21.7 Å². The Morgan fingerprint density at radius 1 is 0.879 bits per heavy atom. The van der Waals surface area contributed by atoms with Crippen molar-refractivity contribution in [2.45, 2.75) is 24.7 Å². The van der Waals surface area contributed by atoms with Crippen molar-refractivity contribution in [1.82, 2.24) is 9.21 Å². The van der Waals surface area contributed by atoms with E-state index in [1.54, 1.807) is 4.90 Å². The number of nitrogens with zero attached hydrogens (tertiary/aromatic N) is 2. The molecule has 0 radical (unpaired) electrons. The quantitative estimate of drug-likeness (QED) is 0.497. The number of sulfonamides is 1. The molecule has 172 valence electrons. The minimum Gasteiger partial charge on any atom is -0.461 e. The van der Waals surface area contributed by atoms with Crippen molar-refractivity contribution in [3.63, 3.8) is 0 Å². The highest BCUT2D eigenvalue weighted by atomic mass is 32.2. The lowest BCUT2D eigenvalue weighted by atomic mass is 10.2. The summed E-state index contributed by atoms with van der Waals surface area (Å²) in [5.41, 5.74) is 1.46. The van der Waals surface area contributed by atoms with Crippen LogP contribution in [0.25, 0.3) is 11.3 Å². The van der Waals surface area contributed by atoms with Gasteiger partial charge in [0, 0.05) is 50.1 Å². The highest BCUT2D eigenvalue weighted by molar-refractivity contribution is 7.89. The zero-order valence-corrected chi connectivity index (χ0v) is 19.3. The number of Topliss-reactive ketones (excluding diaryl/α,β-unsaturated/α-hetero) is 1. The number of ketones is 1. The van der Waals surface area contributed by atoms with Crippen LogP contribution < -0.4 is 0 Å². The molecule has 0 atom stereocenters. The van der Waals surface area contributed by atoms with Crippen LogP contribution in [0.15, 0.2) is 76.0 Å². The SMILES string of the molecule is CC(=O)c1ccc(S(=O)(=O)N2CCN(C(=O)CCc3ccc(-c4ccccc4)o3)CC2)cc1. The van der Waals surface area contributed by atoms with Gasteiger partial charge in [0.2, 0.25) is 15.9 Å². The van der Waals surface area contributed by atoms with Gasteiger partial charge in [-0.1, -0.05) is 42.5 Å². The summed E-state index contributed by atoms with van der Waals surface area (Å²) in [4.78, 5) is 25.9. The molecular weight excluding hydrogens is 440 g/mol. The summed E-state index contributed by atoms with van der Waals surface area (Å²) >= 11 is 0. The molecule has 1 aliphatic heterocycles. The van der Waals surface area contributed by atoms with E-state index in [1.165, 1.54) is 35.5 Å². The first-order valence-electron chi connectivity index (χ1n) is 10.9. The van der Waals surface area contributed by atoms with Crippen LogP contribution >= 0.6 is 0 Å². The van der Waals surface area contributed by atoms with Crippen LogP contribution in [-0.2, 0) is 21.2 Å². The van der Waals surface area contributed by atoms with Crippen molar-refractivity contribution < 1.29 is 22.4 Å². The van der Waals surface area contributed by atoms with Gasteiger partial charge in [0.15, 0.2) is 5.78 Å². The predicted octanol–water partition coefficient (Wildman–Crippen LogP) is 3.61.